The Morgan fingerprint density at radius 1 is 1.13 bits per heavy atom. The molecule has 0 heterocycles. The van der Waals surface area contributed by atoms with Gasteiger partial charge in [0.05, 0.1) is 12.2 Å². The normalized spacial score (nSPS) is 24.6. The zero-order valence-corrected chi connectivity index (χ0v) is 20.7. The zero-order chi connectivity index (χ0) is 27.5. The number of fused-ring (bicyclic) bond motifs is 3. The van der Waals surface area contributed by atoms with E-state index in [-0.39, 0.29) is 42.7 Å². The molecule has 8 N–H and O–H groups in total. The van der Waals surface area contributed by atoms with Crippen LogP contribution in [0.3, 0.4) is 0 Å². The molecule has 5 rings (SSSR count). The number of allylic oxidation sites excluding steroid dienone is 2. The van der Waals surface area contributed by atoms with Crippen molar-refractivity contribution in [3.05, 3.63) is 69.7 Å². The van der Waals surface area contributed by atoms with Crippen molar-refractivity contribution < 1.29 is 39.5 Å². The number of hydrogen-bond acceptors (Lipinski definition) is 9. The van der Waals surface area contributed by atoms with Crippen molar-refractivity contribution in [3.63, 3.8) is 0 Å². The lowest BCUT2D eigenvalue weighted by atomic mass is 9.60. The average molecular weight is 521 g/mol. The maximum absolute atomic E-state index is 13.7. The molecule has 198 valence electrons. The summed E-state index contributed by atoms with van der Waals surface area (Å²) in [6.07, 6.45) is -0.000317. The second kappa shape index (κ2) is 9.00. The Morgan fingerprint density at radius 2 is 1.87 bits per heavy atom. The molecule has 0 unspecified atom stereocenters. The predicted molar refractivity (Wildman–Crippen MR) is 135 cm³/mol. The van der Waals surface area contributed by atoms with Gasteiger partial charge in [0.1, 0.15) is 28.6 Å². The number of aliphatic hydroxyl groups is 3. The summed E-state index contributed by atoms with van der Waals surface area (Å²) in [6.45, 7) is 2.56. The number of ketones is 2. The van der Waals surface area contributed by atoms with E-state index in [0.717, 1.165) is 11.1 Å². The Labute approximate surface area is 217 Å². The van der Waals surface area contributed by atoms with Crippen LogP contribution >= 0.6 is 0 Å². The van der Waals surface area contributed by atoms with Crippen LogP contribution in [0.4, 0.5) is 0 Å². The number of aromatic hydroxyl groups is 1. The molecular weight excluding hydrogens is 492 g/mol. The minimum Gasteiger partial charge on any atom is -0.511 e. The SMILES string of the molecule is CCOc1ccc(-c2ccc(O)c3c2C[C@H]2C[C@H]4CC(O)=C(C(N)=O)C(=O)[C@@]4(O)C(O)=C2C3=O)cc1CN. The lowest BCUT2D eigenvalue weighted by Crippen LogP contribution is -2.57. The minimum absolute atomic E-state index is 0.0395. The van der Waals surface area contributed by atoms with E-state index >= 15 is 0 Å². The molecule has 0 aromatic heterocycles. The number of hydrogen-bond donors (Lipinski definition) is 6. The Bertz CT molecular complexity index is 1470. The van der Waals surface area contributed by atoms with Crippen LogP contribution in [0.15, 0.2) is 53.0 Å². The number of aliphatic hydroxyl groups excluding tert-OH is 2. The highest BCUT2D eigenvalue weighted by Crippen LogP contribution is 2.52. The summed E-state index contributed by atoms with van der Waals surface area (Å²) in [6, 6.07) is 8.56. The van der Waals surface area contributed by atoms with Gasteiger partial charge in [-0.3, -0.25) is 14.4 Å². The lowest BCUT2D eigenvalue weighted by molar-refractivity contribution is -0.144. The molecule has 0 saturated carbocycles. The van der Waals surface area contributed by atoms with Crippen molar-refractivity contribution in [2.45, 2.75) is 38.3 Å². The van der Waals surface area contributed by atoms with Crippen LogP contribution in [-0.4, -0.2) is 50.1 Å². The van der Waals surface area contributed by atoms with Crippen LogP contribution in [0, 0.1) is 11.8 Å². The summed E-state index contributed by atoms with van der Waals surface area (Å²) in [5.74, 6) is -5.91. The van der Waals surface area contributed by atoms with Crippen molar-refractivity contribution in [1.29, 1.82) is 0 Å². The van der Waals surface area contributed by atoms with Crippen LogP contribution in [0.1, 0.15) is 41.3 Å². The number of carbonyl (C=O) groups excluding carboxylic acids is 3. The van der Waals surface area contributed by atoms with Crippen molar-refractivity contribution in [3.8, 4) is 22.6 Å². The summed E-state index contributed by atoms with van der Waals surface area (Å²) in [5, 5.41) is 43.5. The molecule has 38 heavy (non-hydrogen) atoms. The molecule has 10 heteroatoms. The number of phenols is 1. The molecule has 2 aromatic carbocycles. The van der Waals surface area contributed by atoms with Crippen LogP contribution in [0.25, 0.3) is 11.1 Å². The summed E-state index contributed by atoms with van der Waals surface area (Å²) in [7, 11) is 0. The first-order valence-electron chi connectivity index (χ1n) is 12.3. The molecular formula is C28H28N2O8. The monoisotopic (exact) mass is 520 g/mol. The van der Waals surface area contributed by atoms with Gasteiger partial charge < -0.3 is 36.6 Å². The fourth-order valence-electron chi connectivity index (χ4n) is 6.09. The maximum atomic E-state index is 13.7. The Balaban J connectivity index is 1.65. The van der Waals surface area contributed by atoms with Crippen LogP contribution < -0.4 is 16.2 Å². The summed E-state index contributed by atoms with van der Waals surface area (Å²) in [4.78, 5) is 38.6. The largest absolute Gasteiger partial charge is 0.511 e. The molecule has 0 radical (unpaired) electrons. The van der Waals surface area contributed by atoms with E-state index < -0.39 is 52.0 Å². The fourth-order valence-corrected chi connectivity index (χ4v) is 6.09. The third-order valence-electron chi connectivity index (χ3n) is 7.84. The van der Waals surface area contributed by atoms with E-state index in [4.69, 9.17) is 16.2 Å². The van der Waals surface area contributed by atoms with Crippen molar-refractivity contribution in [2.24, 2.45) is 23.3 Å². The Morgan fingerprint density at radius 3 is 2.53 bits per heavy atom. The maximum Gasteiger partial charge on any atom is 0.255 e. The number of Topliss-reactive ketones (excluding diaryl/α,β-unsaturated/α-hetero) is 2. The molecule has 2 aromatic rings. The van der Waals surface area contributed by atoms with Gasteiger partial charge in [0.2, 0.25) is 5.78 Å². The number of rotatable bonds is 5. The molecule has 3 atom stereocenters. The molecule has 3 aliphatic rings. The first-order valence-corrected chi connectivity index (χ1v) is 12.3. The Hall–Kier alpha value is -4.15. The van der Waals surface area contributed by atoms with E-state index in [1.807, 2.05) is 19.1 Å². The van der Waals surface area contributed by atoms with Gasteiger partial charge in [-0.1, -0.05) is 12.1 Å². The molecule has 0 aliphatic heterocycles. The topological polar surface area (TPSA) is 193 Å². The number of ether oxygens (including phenoxy) is 1. The van der Waals surface area contributed by atoms with Crippen molar-refractivity contribution in [1.82, 2.24) is 0 Å². The number of nitrogens with two attached hydrogens (primary N) is 2. The second-order valence-electron chi connectivity index (χ2n) is 9.86. The highest BCUT2D eigenvalue weighted by atomic mass is 16.5. The Kier molecular flexibility index (Phi) is 6.04. The number of carbonyl (C=O) groups is 3. The first-order chi connectivity index (χ1) is 18.0. The molecule has 10 nitrogen and oxygen atoms in total. The van der Waals surface area contributed by atoms with Gasteiger partial charge in [0.25, 0.3) is 5.91 Å². The van der Waals surface area contributed by atoms with Crippen LogP contribution in [0.2, 0.25) is 0 Å². The van der Waals surface area contributed by atoms with E-state index in [0.29, 0.717) is 23.5 Å². The van der Waals surface area contributed by atoms with E-state index in [2.05, 4.69) is 0 Å². The molecule has 1 amide bonds. The molecule has 0 fully saturated rings. The van der Waals surface area contributed by atoms with E-state index in [1.54, 1.807) is 12.1 Å². The minimum atomic E-state index is -2.59. The predicted octanol–water partition coefficient (Wildman–Crippen LogP) is 2.10. The smallest absolute Gasteiger partial charge is 0.255 e. The summed E-state index contributed by atoms with van der Waals surface area (Å²) >= 11 is 0. The first kappa shape index (κ1) is 25.5. The number of benzene rings is 2. The quantitative estimate of drug-likeness (QED) is 0.320. The van der Waals surface area contributed by atoms with Crippen molar-refractivity contribution >= 4 is 17.5 Å². The van der Waals surface area contributed by atoms with Gasteiger partial charge >= 0.3 is 0 Å². The van der Waals surface area contributed by atoms with Crippen LogP contribution in [-0.2, 0) is 22.6 Å². The molecule has 0 bridgehead atoms. The van der Waals surface area contributed by atoms with Gasteiger partial charge in [-0.15, -0.1) is 0 Å². The van der Waals surface area contributed by atoms with E-state index in [1.165, 1.54) is 6.07 Å². The van der Waals surface area contributed by atoms with Gasteiger partial charge in [-0.2, -0.15) is 0 Å². The summed E-state index contributed by atoms with van der Waals surface area (Å²) in [5.41, 5.74) is 10.3. The third kappa shape index (κ3) is 3.52. The molecule has 3 aliphatic carbocycles. The molecule has 0 saturated heterocycles. The zero-order valence-electron chi connectivity index (χ0n) is 20.7. The van der Waals surface area contributed by atoms with Gasteiger partial charge in [-0.25, -0.2) is 0 Å². The second-order valence-corrected chi connectivity index (χ2v) is 9.86. The standard InChI is InChI=1S/C28H28N2O8/c1-2-38-20-6-3-12(7-14(20)11-29)16-4-5-18(31)22-17(16)9-13-8-15-10-19(32)23(27(30)36)26(35)28(15,37)25(34)21(13)24(22)33/h3-7,13,15,31-32,34,37H,2,8-11,29H2,1H3,(H2,30,36)/t13-,15+,28+/m1/s1. The third-order valence-corrected chi connectivity index (χ3v) is 7.84. The van der Waals surface area contributed by atoms with Gasteiger partial charge in [0.15, 0.2) is 11.4 Å². The highest BCUT2D eigenvalue weighted by molar-refractivity contribution is 6.24. The molecule has 0 spiro atoms. The number of amides is 1. The van der Waals surface area contributed by atoms with Crippen molar-refractivity contribution in [2.75, 3.05) is 6.61 Å². The van der Waals surface area contributed by atoms with Crippen LogP contribution in [0.5, 0.6) is 11.5 Å². The summed E-state index contributed by atoms with van der Waals surface area (Å²) < 4.78 is 5.64. The van der Waals surface area contributed by atoms with E-state index in [9.17, 15) is 34.8 Å². The lowest BCUT2D eigenvalue weighted by Gasteiger charge is -2.45. The highest BCUT2D eigenvalue weighted by Gasteiger charge is 2.59. The van der Waals surface area contributed by atoms with Gasteiger partial charge in [-0.05, 0) is 60.6 Å². The van der Waals surface area contributed by atoms with Gasteiger partial charge in [0, 0.05) is 30.0 Å². The average Bonchev–Trinajstić information content (AvgIpc) is 2.86. The number of phenolic OH excluding ortho intramolecular Hbond substituents is 1. The fraction of sp³-hybridized carbons (Fsp3) is 0.321. The number of primary amides is 1.